The maximum Gasteiger partial charge on any atom is 0.321 e. The van der Waals surface area contributed by atoms with Crippen LogP contribution in [0.4, 0.5) is 0 Å². The van der Waals surface area contributed by atoms with E-state index in [-0.39, 0.29) is 4.90 Å². The van der Waals surface area contributed by atoms with Gasteiger partial charge in [0.2, 0.25) is 10.0 Å². The van der Waals surface area contributed by atoms with Gasteiger partial charge in [-0.2, -0.15) is 4.72 Å². The molecule has 0 radical (unpaired) electrons. The van der Waals surface area contributed by atoms with Gasteiger partial charge in [-0.1, -0.05) is 18.2 Å². The number of benzene rings is 1. The number of hydrogen-bond donors (Lipinski definition) is 2. The van der Waals surface area contributed by atoms with Gasteiger partial charge < -0.3 is 10.1 Å². The average Bonchev–Trinajstić information content (AvgIpc) is 2.42. The fourth-order valence-corrected chi connectivity index (χ4v) is 2.48. The molecule has 1 amide bonds. The molecular weight excluding hydrogens is 308 g/mol. The van der Waals surface area contributed by atoms with Crippen molar-refractivity contribution in [1.29, 1.82) is 0 Å². The Morgan fingerprint density at radius 3 is 2.27 bits per heavy atom. The first-order valence-corrected chi connectivity index (χ1v) is 8.10. The molecule has 0 bridgehead atoms. The zero-order valence-corrected chi connectivity index (χ0v) is 13.6. The third-order valence-electron chi connectivity index (χ3n) is 2.34. The Morgan fingerprint density at radius 1 is 1.14 bits per heavy atom. The molecule has 8 heteroatoms. The van der Waals surface area contributed by atoms with Crippen molar-refractivity contribution in [3.05, 3.63) is 30.3 Å². The van der Waals surface area contributed by atoms with Crippen LogP contribution in [0.3, 0.4) is 0 Å². The van der Waals surface area contributed by atoms with Gasteiger partial charge in [0.05, 0.1) is 4.90 Å². The summed E-state index contributed by atoms with van der Waals surface area (Å²) in [5, 5.41) is 2.62. The number of hydrogen-bond acceptors (Lipinski definition) is 5. The van der Waals surface area contributed by atoms with Gasteiger partial charge in [-0.25, -0.2) is 8.42 Å². The Morgan fingerprint density at radius 2 is 1.73 bits per heavy atom. The molecule has 1 rings (SSSR count). The van der Waals surface area contributed by atoms with Crippen molar-refractivity contribution in [3.8, 4) is 0 Å². The molecule has 0 aliphatic heterocycles. The summed E-state index contributed by atoms with van der Waals surface area (Å²) in [7, 11) is -3.77. The van der Waals surface area contributed by atoms with Crippen molar-refractivity contribution < 1.29 is 22.7 Å². The molecule has 0 atom stereocenters. The van der Waals surface area contributed by atoms with Crippen LogP contribution in [0.5, 0.6) is 0 Å². The summed E-state index contributed by atoms with van der Waals surface area (Å²) in [5.41, 5.74) is -0.432. The van der Waals surface area contributed by atoms with E-state index in [0.717, 1.165) is 0 Å². The van der Waals surface area contributed by atoms with Crippen molar-refractivity contribution in [2.45, 2.75) is 31.2 Å². The van der Waals surface area contributed by atoms with E-state index in [2.05, 4.69) is 10.0 Å². The first-order valence-electron chi connectivity index (χ1n) is 6.61. The maximum atomic E-state index is 11.9. The first-order chi connectivity index (χ1) is 10.1. The lowest BCUT2D eigenvalue weighted by Crippen LogP contribution is -2.43. The van der Waals surface area contributed by atoms with E-state index >= 15 is 0 Å². The van der Waals surface area contributed by atoms with E-state index in [1.165, 1.54) is 12.1 Å². The van der Waals surface area contributed by atoms with E-state index in [1.54, 1.807) is 39.0 Å². The zero-order chi connectivity index (χ0) is 16.8. The molecule has 22 heavy (non-hydrogen) atoms. The van der Waals surface area contributed by atoms with Crippen molar-refractivity contribution in [3.63, 3.8) is 0 Å². The van der Waals surface area contributed by atoms with Crippen molar-refractivity contribution in [1.82, 2.24) is 10.0 Å². The molecule has 0 saturated carbocycles. The van der Waals surface area contributed by atoms with Crippen LogP contribution in [0.25, 0.3) is 0 Å². The van der Waals surface area contributed by atoms with Crippen LogP contribution in [0, 0.1) is 0 Å². The lowest BCUT2D eigenvalue weighted by molar-refractivity contribution is -0.147. The summed E-state index contributed by atoms with van der Waals surface area (Å²) in [4.78, 5) is 23.0. The van der Waals surface area contributed by atoms with Gasteiger partial charge >= 0.3 is 5.97 Å². The second kappa shape index (κ2) is 7.37. The summed E-state index contributed by atoms with van der Waals surface area (Å²) in [6.07, 6.45) is 0. The third kappa shape index (κ3) is 6.68. The predicted octanol–water partition coefficient (Wildman–Crippen LogP) is 0.423. The normalized spacial score (nSPS) is 11.8. The molecule has 0 aliphatic carbocycles. The van der Waals surface area contributed by atoms with Gasteiger partial charge in [-0.15, -0.1) is 0 Å². The number of sulfonamides is 1. The van der Waals surface area contributed by atoms with Gasteiger partial charge in [0, 0.05) is 5.54 Å². The number of esters is 1. The number of rotatable bonds is 6. The summed E-state index contributed by atoms with van der Waals surface area (Å²) in [6.45, 7) is 4.38. The lowest BCUT2D eigenvalue weighted by atomic mass is 10.1. The number of amides is 1. The van der Waals surface area contributed by atoms with Crippen LogP contribution < -0.4 is 10.0 Å². The maximum absolute atomic E-state index is 11.9. The molecule has 1 aromatic carbocycles. The molecule has 2 N–H and O–H groups in total. The highest BCUT2D eigenvalue weighted by Crippen LogP contribution is 2.06. The molecule has 0 unspecified atom stereocenters. The second-order valence-corrected chi connectivity index (χ2v) is 7.36. The fraction of sp³-hybridized carbons (Fsp3) is 0.429. The Balaban J connectivity index is 2.42. The van der Waals surface area contributed by atoms with Gasteiger partial charge in [0.1, 0.15) is 6.54 Å². The average molecular weight is 328 g/mol. The molecule has 0 heterocycles. The Labute approximate surface area is 130 Å². The molecular formula is C14H20N2O5S. The molecule has 0 aromatic heterocycles. The third-order valence-corrected chi connectivity index (χ3v) is 3.76. The fourth-order valence-electron chi connectivity index (χ4n) is 1.49. The summed E-state index contributed by atoms with van der Waals surface area (Å²) < 4.78 is 30.5. The van der Waals surface area contributed by atoms with Gasteiger partial charge in [-0.3, -0.25) is 9.59 Å². The topological polar surface area (TPSA) is 102 Å². The molecule has 7 nitrogen and oxygen atoms in total. The largest absolute Gasteiger partial charge is 0.455 e. The van der Waals surface area contributed by atoms with Gasteiger partial charge in [0.15, 0.2) is 6.61 Å². The van der Waals surface area contributed by atoms with Crippen molar-refractivity contribution in [2.75, 3.05) is 13.2 Å². The van der Waals surface area contributed by atoms with Crippen LogP contribution in [0.1, 0.15) is 20.8 Å². The highest BCUT2D eigenvalue weighted by molar-refractivity contribution is 7.89. The molecule has 0 saturated heterocycles. The van der Waals surface area contributed by atoms with E-state index in [0.29, 0.717) is 0 Å². The number of carbonyl (C=O) groups is 2. The lowest BCUT2D eigenvalue weighted by Gasteiger charge is -2.20. The minimum Gasteiger partial charge on any atom is -0.455 e. The zero-order valence-electron chi connectivity index (χ0n) is 12.8. The molecule has 0 fully saturated rings. The summed E-state index contributed by atoms with van der Waals surface area (Å²) >= 11 is 0. The smallest absolute Gasteiger partial charge is 0.321 e. The predicted molar refractivity (Wildman–Crippen MR) is 80.5 cm³/mol. The SMILES string of the molecule is CC(C)(C)NC(=O)COC(=O)CNS(=O)(=O)c1ccccc1. The van der Waals surface area contributed by atoms with Crippen LogP contribution in [-0.4, -0.2) is 39.0 Å². The summed E-state index contributed by atoms with van der Waals surface area (Å²) in [6, 6.07) is 7.64. The summed E-state index contributed by atoms with van der Waals surface area (Å²) in [5.74, 6) is -1.28. The minimum absolute atomic E-state index is 0.0493. The molecule has 0 spiro atoms. The van der Waals surface area contributed by atoms with Crippen molar-refractivity contribution in [2.24, 2.45) is 0 Å². The minimum atomic E-state index is -3.77. The quantitative estimate of drug-likeness (QED) is 0.737. The number of nitrogens with one attached hydrogen (secondary N) is 2. The Hall–Kier alpha value is -1.93. The molecule has 0 aliphatic rings. The highest BCUT2D eigenvalue weighted by Gasteiger charge is 2.17. The Kier molecular flexibility index (Phi) is 6.07. The van der Waals surface area contributed by atoms with Crippen LogP contribution in [0.15, 0.2) is 35.2 Å². The molecule has 1 aromatic rings. The highest BCUT2D eigenvalue weighted by atomic mass is 32.2. The van der Waals surface area contributed by atoms with E-state index in [9.17, 15) is 18.0 Å². The van der Waals surface area contributed by atoms with Gasteiger partial charge in [0.25, 0.3) is 5.91 Å². The molecule has 122 valence electrons. The Bertz CT molecular complexity index is 620. The number of ether oxygens (including phenoxy) is 1. The van der Waals surface area contributed by atoms with Crippen LogP contribution >= 0.6 is 0 Å². The van der Waals surface area contributed by atoms with Crippen molar-refractivity contribution >= 4 is 21.9 Å². The van der Waals surface area contributed by atoms with E-state index < -0.39 is 40.6 Å². The number of carbonyl (C=O) groups excluding carboxylic acids is 2. The second-order valence-electron chi connectivity index (χ2n) is 5.60. The van der Waals surface area contributed by atoms with Gasteiger partial charge in [-0.05, 0) is 32.9 Å². The first kappa shape index (κ1) is 18.1. The van der Waals surface area contributed by atoms with E-state index in [1.807, 2.05) is 0 Å². The standard InChI is InChI=1S/C14H20N2O5S/c1-14(2,3)16-12(17)10-21-13(18)9-15-22(19,20)11-7-5-4-6-8-11/h4-8,15H,9-10H2,1-3H3,(H,16,17). The monoisotopic (exact) mass is 328 g/mol. The van der Waals surface area contributed by atoms with E-state index in [4.69, 9.17) is 4.74 Å². The van der Waals surface area contributed by atoms with Crippen LogP contribution in [-0.2, 0) is 24.3 Å². The van der Waals surface area contributed by atoms with Crippen LogP contribution in [0.2, 0.25) is 0 Å².